The van der Waals surface area contributed by atoms with E-state index in [2.05, 4.69) is 0 Å². The summed E-state index contributed by atoms with van der Waals surface area (Å²) in [4.78, 5) is 25.2. The first-order valence-electron chi connectivity index (χ1n) is 7.55. The maximum absolute atomic E-state index is 13.1. The lowest BCUT2D eigenvalue weighted by molar-refractivity contribution is -0.383. The number of nitrogens with zero attached hydrogens (tertiary/aromatic N) is 2. The molecule has 0 aliphatic carbocycles. The molecule has 0 spiro atoms. The van der Waals surface area contributed by atoms with Gasteiger partial charge in [-0.1, -0.05) is 18.2 Å². The Bertz CT molecular complexity index is 819. The van der Waals surface area contributed by atoms with Crippen molar-refractivity contribution < 1.29 is 14.5 Å². The van der Waals surface area contributed by atoms with Crippen LogP contribution in [0.25, 0.3) is 0 Å². The van der Waals surface area contributed by atoms with E-state index in [-0.39, 0.29) is 28.6 Å². The maximum atomic E-state index is 13.1. The zero-order valence-corrected chi connectivity index (χ0v) is 13.2. The molecule has 0 saturated carbocycles. The molecule has 7 nitrogen and oxygen atoms in total. The molecule has 7 heteroatoms. The molecule has 2 aromatic carbocycles. The smallest absolute Gasteiger partial charge is 0.293 e. The Labute approximate surface area is 138 Å². The third-order valence-electron chi connectivity index (χ3n) is 4.17. The molecule has 1 aliphatic rings. The van der Waals surface area contributed by atoms with Crippen molar-refractivity contribution in [3.05, 3.63) is 57.6 Å². The Morgan fingerprint density at radius 3 is 2.75 bits per heavy atom. The van der Waals surface area contributed by atoms with Crippen molar-refractivity contribution in [2.75, 3.05) is 24.3 Å². The van der Waals surface area contributed by atoms with Crippen LogP contribution in [0.2, 0.25) is 0 Å². The number of para-hydroxylation sites is 1. The number of nitro groups is 1. The van der Waals surface area contributed by atoms with Crippen molar-refractivity contribution in [3.63, 3.8) is 0 Å². The number of anilines is 2. The van der Waals surface area contributed by atoms with Crippen LogP contribution in [-0.2, 0) is 6.42 Å². The summed E-state index contributed by atoms with van der Waals surface area (Å²) in [7, 11) is 1.40. The topological polar surface area (TPSA) is 98.7 Å². The minimum Gasteiger partial charge on any atom is -0.496 e. The zero-order chi connectivity index (χ0) is 17.3. The lowest BCUT2D eigenvalue weighted by Crippen LogP contribution is -2.36. The van der Waals surface area contributed by atoms with Crippen molar-refractivity contribution in [1.82, 2.24) is 0 Å². The maximum Gasteiger partial charge on any atom is 0.293 e. The van der Waals surface area contributed by atoms with E-state index in [1.165, 1.54) is 19.2 Å². The number of benzene rings is 2. The first kappa shape index (κ1) is 15.8. The van der Waals surface area contributed by atoms with Gasteiger partial charge in [0.15, 0.2) is 0 Å². The fourth-order valence-corrected chi connectivity index (χ4v) is 3.02. The Hall–Kier alpha value is -3.09. The molecule has 0 atom stereocenters. The van der Waals surface area contributed by atoms with Crippen LogP contribution in [0.15, 0.2) is 36.4 Å². The average Bonchev–Trinajstić information content (AvgIpc) is 2.60. The van der Waals surface area contributed by atoms with E-state index in [9.17, 15) is 14.9 Å². The lowest BCUT2D eigenvalue weighted by Gasteiger charge is -2.30. The van der Waals surface area contributed by atoms with Crippen molar-refractivity contribution >= 4 is 23.0 Å². The number of nitrogen functional groups attached to an aromatic ring is 1. The quantitative estimate of drug-likeness (QED) is 0.531. The van der Waals surface area contributed by atoms with Crippen molar-refractivity contribution in [1.29, 1.82) is 0 Å². The first-order chi connectivity index (χ1) is 11.5. The summed E-state index contributed by atoms with van der Waals surface area (Å²) >= 11 is 0. The first-order valence-corrected chi connectivity index (χ1v) is 7.55. The molecule has 0 saturated heterocycles. The van der Waals surface area contributed by atoms with Crippen LogP contribution >= 0.6 is 0 Å². The van der Waals surface area contributed by atoms with E-state index in [1.54, 1.807) is 4.90 Å². The van der Waals surface area contributed by atoms with E-state index in [0.29, 0.717) is 6.54 Å². The Balaban J connectivity index is 2.11. The molecule has 0 unspecified atom stereocenters. The Morgan fingerprint density at radius 2 is 2.04 bits per heavy atom. The van der Waals surface area contributed by atoms with Gasteiger partial charge in [0.05, 0.1) is 12.0 Å². The molecule has 124 valence electrons. The van der Waals surface area contributed by atoms with Crippen LogP contribution in [0.3, 0.4) is 0 Å². The summed E-state index contributed by atoms with van der Waals surface area (Å²) in [6.45, 7) is 0.529. The second-order valence-corrected chi connectivity index (χ2v) is 5.52. The van der Waals surface area contributed by atoms with Gasteiger partial charge in [0.25, 0.3) is 11.6 Å². The number of nitrogens with two attached hydrogens (primary N) is 1. The van der Waals surface area contributed by atoms with Crippen molar-refractivity contribution in [3.8, 4) is 5.75 Å². The third-order valence-corrected chi connectivity index (χ3v) is 4.17. The molecular formula is C17H17N3O4. The fourth-order valence-electron chi connectivity index (χ4n) is 3.02. The minimum atomic E-state index is -0.601. The van der Waals surface area contributed by atoms with Gasteiger partial charge in [-0.05, 0) is 30.5 Å². The standard InChI is InChI=1S/C17H17N3O4/c1-24-14-9-8-13(20(22)23)16(18)15(14)17(21)19-10-4-6-11-5-2-3-7-12(11)19/h2-3,5,7-9H,4,6,10,18H2,1H3. The largest absolute Gasteiger partial charge is 0.496 e. The highest BCUT2D eigenvalue weighted by atomic mass is 16.6. The van der Waals surface area contributed by atoms with Gasteiger partial charge in [-0.2, -0.15) is 0 Å². The van der Waals surface area contributed by atoms with Crippen LogP contribution in [0.5, 0.6) is 5.75 Å². The summed E-state index contributed by atoms with van der Waals surface area (Å²) < 4.78 is 5.21. The number of methoxy groups -OCH3 is 1. The average molecular weight is 327 g/mol. The van der Waals surface area contributed by atoms with Crippen LogP contribution in [0.4, 0.5) is 17.1 Å². The van der Waals surface area contributed by atoms with Gasteiger partial charge in [0.1, 0.15) is 17.0 Å². The van der Waals surface area contributed by atoms with Gasteiger partial charge in [0, 0.05) is 18.3 Å². The van der Waals surface area contributed by atoms with Gasteiger partial charge in [0.2, 0.25) is 0 Å². The van der Waals surface area contributed by atoms with E-state index in [1.807, 2.05) is 24.3 Å². The van der Waals surface area contributed by atoms with Crippen molar-refractivity contribution in [2.24, 2.45) is 0 Å². The van der Waals surface area contributed by atoms with Gasteiger partial charge in [-0.15, -0.1) is 0 Å². The van der Waals surface area contributed by atoms with E-state index >= 15 is 0 Å². The predicted molar refractivity (Wildman–Crippen MR) is 90.5 cm³/mol. The Morgan fingerprint density at radius 1 is 1.29 bits per heavy atom. The highest BCUT2D eigenvalue weighted by molar-refractivity contribution is 6.12. The zero-order valence-electron chi connectivity index (χ0n) is 13.2. The number of hydrogen-bond acceptors (Lipinski definition) is 5. The second-order valence-electron chi connectivity index (χ2n) is 5.52. The summed E-state index contributed by atoms with van der Waals surface area (Å²) in [6, 6.07) is 10.3. The third kappa shape index (κ3) is 2.54. The number of fused-ring (bicyclic) bond motifs is 1. The predicted octanol–water partition coefficient (Wildman–Crippen LogP) is 2.78. The molecule has 0 radical (unpaired) electrons. The van der Waals surface area contributed by atoms with Crippen LogP contribution < -0.4 is 15.4 Å². The number of rotatable bonds is 3. The lowest BCUT2D eigenvalue weighted by atomic mass is 10.00. The molecule has 2 N–H and O–H groups in total. The van der Waals surface area contributed by atoms with Crippen molar-refractivity contribution in [2.45, 2.75) is 12.8 Å². The normalized spacial score (nSPS) is 13.3. The molecule has 1 aliphatic heterocycles. The van der Waals surface area contributed by atoms with Crippen LogP contribution in [0, 0.1) is 10.1 Å². The van der Waals surface area contributed by atoms with Gasteiger partial charge >= 0.3 is 0 Å². The number of ether oxygens (including phenoxy) is 1. The van der Waals surface area contributed by atoms with Gasteiger partial charge in [-0.3, -0.25) is 14.9 Å². The summed E-state index contributed by atoms with van der Waals surface area (Å²) in [5.41, 5.74) is 7.35. The van der Waals surface area contributed by atoms with Gasteiger partial charge in [-0.25, -0.2) is 0 Å². The molecule has 0 fully saturated rings. The molecule has 0 bridgehead atoms. The van der Waals surface area contributed by atoms with E-state index < -0.39 is 4.92 Å². The van der Waals surface area contributed by atoms with Gasteiger partial charge < -0.3 is 15.4 Å². The molecule has 1 amide bonds. The second kappa shape index (κ2) is 6.19. The molecule has 0 aromatic heterocycles. The molecule has 2 aromatic rings. The molecule has 24 heavy (non-hydrogen) atoms. The summed E-state index contributed by atoms with van der Waals surface area (Å²) in [5.74, 6) is -0.161. The molecular weight excluding hydrogens is 310 g/mol. The number of nitro benzene ring substituents is 1. The number of carbonyl (C=O) groups is 1. The number of aryl methyl sites for hydroxylation is 1. The number of amides is 1. The molecule has 1 heterocycles. The monoisotopic (exact) mass is 327 g/mol. The highest BCUT2D eigenvalue weighted by Gasteiger charge is 2.30. The summed E-state index contributed by atoms with van der Waals surface area (Å²) in [5, 5.41) is 11.1. The number of hydrogen-bond donors (Lipinski definition) is 1. The highest BCUT2D eigenvalue weighted by Crippen LogP contribution is 2.36. The fraction of sp³-hybridized carbons (Fsp3) is 0.235. The molecule has 3 rings (SSSR count). The SMILES string of the molecule is COc1ccc([N+](=O)[O-])c(N)c1C(=O)N1CCCc2ccccc21. The Kier molecular flexibility index (Phi) is 4.07. The van der Waals surface area contributed by atoms with Crippen LogP contribution in [-0.4, -0.2) is 24.5 Å². The van der Waals surface area contributed by atoms with E-state index in [4.69, 9.17) is 10.5 Å². The van der Waals surface area contributed by atoms with E-state index in [0.717, 1.165) is 24.1 Å². The van der Waals surface area contributed by atoms with Crippen LogP contribution in [0.1, 0.15) is 22.3 Å². The minimum absolute atomic E-state index is 0.0309. The number of carbonyl (C=O) groups excluding carboxylic acids is 1. The summed E-state index contributed by atoms with van der Waals surface area (Å²) in [6.07, 6.45) is 1.71.